The van der Waals surface area contributed by atoms with Gasteiger partial charge in [-0.3, -0.25) is 4.79 Å². The van der Waals surface area contributed by atoms with E-state index in [1.165, 1.54) is 24.3 Å². The van der Waals surface area contributed by atoms with Crippen LogP contribution in [0.15, 0.2) is 59.4 Å². The van der Waals surface area contributed by atoms with Gasteiger partial charge in [0.2, 0.25) is 0 Å². The summed E-state index contributed by atoms with van der Waals surface area (Å²) in [5, 5.41) is 13.1. The standard InChI is InChI=1S/C18H12F2N2O3.C2H6/c19-14-7-13(8-15(20)9-14)16-4-5-17(23)22(21-16)10-11-2-1-3-12(6-11)18(24)25;1-2/h1-9H,10H2,(H,24,25);1-2H3. The number of halogens is 2. The van der Waals surface area contributed by atoms with Gasteiger partial charge in [-0.05, 0) is 35.9 Å². The fraction of sp³-hybridized carbons (Fsp3) is 0.150. The van der Waals surface area contributed by atoms with Crippen molar-refractivity contribution in [1.82, 2.24) is 9.78 Å². The Morgan fingerprint density at radius 3 is 2.33 bits per heavy atom. The first-order valence-corrected chi connectivity index (χ1v) is 8.29. The lowest BCUT2D eigenvalue weighted by atomic mass is 10.1. The van der Waals surface area contributed by atoms with Crippen molar-refractivity contribution >= 4 is 5.97 Å². The van der Waals surface area contributed by atoms with E-state index in [1.54, 1.807) is 12.1 Å². The van der Waals surface area contributed by atoms with Crippen molar-refractivity contribution in [3.05, 3.63) is 87.7 Å². The van der Waals surface area contributed by atoms with Gasteiger partial charge in [0.15, 0.2) is 0 Å². The Kier molecular flexibility index (Phi) is 6.54. The van der Waals surface area contributed by atoms with Gasteiger partial charge in [-0.15, -0.1) is 0 Å². The molecule has 7 heteroatoms. The highest BCUT2D eigenvalue weighted by Crippen LogP contribution is 2.18. The molecule has 0 bridgehead atoms. The molecule has 0 spiro atoms. The lowest BCUT2D eigenvalue weighted by Crippen LogP contribution is -2.23. The highest BCUT2D eigenvalue weighted by Gasteiger charge is 2.09. The topological polar surface area (TPSA) is 72.2 Å². The summed E-state index contributed by atoms with van der Waals surface area (Å²) in [6.07, 6.45) is 0. The molecule has 1 aromatic heterocycles. The van der Waals surface area contributed by atoms with Crippen molar-refractivity contribution in [1.29, 1.82) is 0 Å². The molecule has 0 aliphatic heterocycles. The van der Waals surface area contributed by atoms with Gasteiger partial charge in [-0.1, -0.05) is 26.0 Å². The Balaban J connectivity index is 0.00000126. The van der Waals surface area contributed by atoms with Gasteiger partial charge in [-0.25, -0.2) is 18.3 Å². The molecule has 0 fully saturated rings. The van der Waals surface area contributed by atoms with Crippen LogP contribution in [0.1, 0.15) is 29.8 Å². The lowest BCUT2D eigenvalue weighted by Gasteiger charge is -2.08. The minimum Gasteiger partial charge on any atom is -0.478 e. The van der Waals surface area contributed by atoms with Crippen LogP contribution in [0.3, 0.4) is 0 Å². The van der Waals surface area contributed by atoms with Crippen molar-refractivity contribution in [3.63, 3.8) is 0 Å². The average Bonchev–Trinajstić information content (AvgIpc) is 2.64. The molecule has 3 rings (SSSR count). The monoisotopic (exact) mass is 372 g/mol. The molecule has 1 N–H and O–H groups in total. The number of carbonyl (C=O) groups is 1. The molecule has 2 aromatic carbocycles. The SMILES string of the molecule is CC.O=C(O)c1cccc(Cn2nc(-c3cc(F)cc(F)c3)ccc2=O)c1. The van der Waals surface area contributed by atoms with Crippen LogP contribution >= 0.6 is 0 Å². The van der Waals surface area contributed by atoms with Gasteiger partial charge in [-0.2, -0.15) is 5.10 Å². The number of hydrogen-bond acceptors (Lipinski definition) is 3. The summed E-state index contributed by atoms with van der Waals surface area (Å²) < 4.78 is 27.8. The van der Waals surface area contributed by atoms with E-state index in [1.807, 2.05) is 13.8 Å². The molecule has 5 nitrogen and oxygen atoms in total. The van der Waals surface area contributed by atoms with Crippen LogP contribution < -0.4 is 5.56 Å². The van der Waals surface area contributed by atoms with E-state index in [0.717, 1.165) is 22.9 Å². The number of carboxylic acids is 1. The number of aromatic carboxylic acids is 1. The number of nitrogens with zero attached hydrogens (tertiary/aromatic N) is 2. The number of benzene rings is 2. The summed E-state index contributed by atoms with van der Waals surface area (Å²) in [5.41, 5.74) is 0.672. The lowest BCUT2D eigenvalue weighted by molar-refractivity contribution is 0.0696. The van der Waals surface area contributed by atoms with E-state index in [0.29, 0.717) is 5.56 Å². The van der Waals surface area contributed by atoms with E-state index >= 15 is 0 Å². The highest BCUT2D eigenvalue weighted by molar-refractivity contribution is 5.87. The Labute approximate surface area is 154 Å². The summed E-state index contributed by atoms with van der Waals surface area (Å²) in [5.74, 6) is -2.57. The van der Waals surface area contributed by atoms with Crippen LogP contribution in [-0.4, -0.2) is 20.9 Å². The zero-order valence-corrected chi connectivity index (χ0v) is 14.8. The van der Waals surface area contributed by atoms with Crippen molar-refractivity contribution in [2.24, 2.45) is 0 Å². The van der Waals surface area contributed by atoms with Gasteiger partial charge in [0.25, 0.3) is 5.56 Å². The molecule has 140 valence electrons. The maximum atomic E-state index is 13.4. The fourth-order valence-electron chi connectivity index (χ4n) is 2.39. The van der Waals surface area contributed by atoms with Crippen molar-refractivity contribution in [2.75, 3.05) is 0 Å². The molecule has 3 aromatic rings. The number of hydrogen-bond donors (Lipinski definition) is 1. The molecule has 0 aliphatic rings. The van der Waals surface area contributed by atoms with Crippen molar-refractivity contribution < 1.29 is 18.7 Å². The number of carboxylic acid groups (broad SMARTS) is 1. The molecular weight excluding hydrogens is 354 g/mol. The third-order valence-electron chi connectivity index (χ3n) is 3.53. The summed E-state index contributed by atoms with van der Waals surface area (Å²) in [6.45, 7) is 4.03. The summed E-state index contributed by atoms with van der Waals surface area (Å²) in [6, 6.07) is 11.7. The third kappa shape index (κ3) is 5.07. The normalized spacial score (nSPS) is 10.1. The molecule has 0 saturated heterocycles. The number of rotatable bonds is 4. The second-order valence-corrected chi connectivity index (χ2v) is 5.38. The van der Waals surface area contributed by atoms with Crippen LogP contribution in [0, 0.1) is 11.6 Å². The van der Waals surface area contributed by atoms with Gasteiger partial charge in [0.1, 0.15) is 11.6 Å². The zero-order chi connectivity index (χ0) is 20.0. The van der Waals surface area contributed by atoms with E-state index in [9.17, 15) is 18.4 Å². The average molecular weight is 372 g/mol. The van der Waals surface area contributed by atoms with Gasteiger partial charge in [0, 0.05) is 17.7 Å². The van der Waals surface area contributed by atoms with Crippen molar-refractivity contribution in [2.45, 2.75) is 20.4 Å². The molecule has 0 atom stereocenters. The number of aromatic nitrogens is 2. The Hall–Kier alpha value is -3.35. The minimum absolute atomic E-state index is 0.0333. The van der Waals surface area contributed by atoms with E-state index in [-0.39, 0.29) is 23.4 Å². The fourth-order valence-corrected chi connectivity index (χ4v) is 2.39. The second-order valence-electron chi connectivity index (χ2n) is 5.38. The van der Waals surface area contributed by atoms with Gasteiger partial charge in [0.05, 0.1) is 17.8 Å². The Morgan fingerprint density at radius 1 is 1.04 bits per heavy atom. The van der Waals surface area contributed by atoms with Crippen molar-refractivity contribution in [3.8, 4) is 11.3 Å². The smallest absolute Gasteiger partial charge is 0.335 e. The predicted octanol–water partition coefficient (Wildman–Crippen LogP) is 3.96. The first-order valence-electron chi connectivity index (χ1n) is 8.29. The molecular formula is C20H18F2N2O3. The quantitative estimate of drug-likeness (QED) is 0.752. The van der Waals surface area contributed by atoms with E-state index in [2.05, 4.69) is 5.10 Å². The first kappa shape index (κ1) is 20.0. The predicted molar refractivity (Wildman–Crippen MR) is 97.7 cm³/mol. The molecule has 1 heterocycles. The molecule has 0 aliphatic carbocycles. The molecule has 0 amide bonds. The summed E-state index contributed by atoms with van der Waals surface area (Å²) in [7, 11) is 0. The molecule has 0 radical (unpaired) electrons. The maximum Gasteiger partial charge on any atom is 0.335 e. The van der Waals surface area contributed by atoms with Crippen LogP contribution in [0.5, 0.6) is 0 Å². The second kappa shape index (κ2) is 8.84. The van der Waals surface area contributed by atoms with E-state index in [4.69, 9.17) is 5.11 Å². The Bertz CT molecular complexity index is 996. The maximum absolute atomic E-state index is 13.4. The molecule has 27 heavy (non-hydrogen) atoms. The minimum atomic E-state index is -1.08. The first-order chi connectivity index (χ1) is 12.9. The zero-order valence-electron chi connectivity index (χ0n) is 14.8. The molecule has 0 unspecified atom stereocenters. The van der Waals surface area contributed by atoms with Crippen LogP contribution in [0.4, 0.5) is 8.78 Å². The van der Waals surface area contributed by atoms with Crippen LogP contribution in [-0.2, 0) is 6.54 Å². The Morgan fingerprint density at radius 2 is 1.70 bits per heavy atom. The summed E-state index contributed by atoms with van der Waals surface area (Å²) in [4.78, 5) is 23.0. The van der Waals surface area contributed by atoms with Gasteiger partial charge < -0.3 is 5.11 Å². The third-order valence-corrected chi connectivity index (χ3v) is 3.53. The van der Waals surface area contributed by atoms with E-state index < -0.39 is 23.2 Å². The highest BCUT2D eigenvalue weighted by atomic mass is 19.1. The van der Waals surface area contributed by atoms with Crippen LogP contribution in [0.2, 0.25) is 0 Å². The summed E-state index contributed by atoms with van der Waals surface area (Å²) >= 11 is 0. The molecule has 0 saturated carbocycles. The van der Waals surface area contributed by atoms with Gasteiger partial charge >= 0.3 is 5.97 Å². The largest absolute Gasteiger partial charge is 0.478 e. The van der Waals surface area contributed by atoms with Crippen LogP contribution in [0.25, 0.3) is 11.3 Å².